The Morgan fingerprint density at radius 3 is 2.23 bits per heavy atom. The zero-order valence-electron chi connectivity index (χ0n) is 9.65. The fourth-order valence-electron chi connectivity index (χ4n) is 1.21. The topological polar surface area (TPSA) is 21.3 Å². The number of rotatable bonds is 7. The Kier molecular flexibility index (Phi) is 7.29. The van der Waals surface area contributed by atoms with Gasteiger partial charge in [0, 0.05) is 13.7 Å². The molecule has 0 unspecified atom stereocenters. The van der Waals surface area contributed by atoms with Crippen LogP contribution in [0.3, 0.4) is 0 Å². The standard InChI is InChI=1S/C11H25NO/c1-11(2,3)7-5-8-12-9-6-10-13-4/h12H,5-10H2,1-4H3. The van der Waals surface area contributed by atoms with Crippen molar-refractivity contribution in [2.75, 3.05) is 26.8 Å². The van der Waals surface area contributed by atoms with E-state index in [2.05, 4.69) is 26.1 Å². The summed E-state index contributed by atoms with van der Waals surface area (Å²) < 4.78 is 4.96. The maximum atomic E-state index is 4.96. The first kappa shape index (κ1) is 12.9. The zero-order chi connectivity index (χ0) is 10.2. The van der Waals surface area contributed by atoms with E-state index in [1.807, 2.05) is 0 Å². The molecule has 0 aromatic rings. The first-order valence-electron chi connectivity index (χ1n) is 5.26. The average molecular weight is 187 g/mol. The molecule has 1 N–H and O–H groups in total. The van der Waals surface area contributed by atoms with Gasteiger partial charge in [-0.2, -0.15) is 0 Å². The smallest absolute Gasteiger partial charge is 0.0474 e. The Morgan fingerprint density at radius 2 is 1.69 bits per heavy atom. The van der Waals surface area contributed by atoms with Crippen LogP contribution in [0.4, 0.5) is 0 Å². The molecule has 80 valence electrons. The van der Waals surface area contributed by atoms with Crippen molar-refractivity contribution in [1.29, 1.82) is 0 Å². The summed E-state index contributed by atoms with van der Waals surface area (Å²) in [6, 6.07) is 0. The van der Waals surface area contributed by atoms with Crippen molar-refractivity contribution in [3.05, 3.63) is 0 Å². The molecule has 2 heteroatoms. The van der Waals surface area contributed by atoms with Gasteiger partial charge in [-0.3, -0.25) is 0 Å². The highest BCUT2D eigenvalue weighted by atomic mass is 16.5. The van der Waals surface area contributed by atoms with Crippen molar-refractivity contribution in [3.63, 3.8) is 0 Å². The highest BCUT2D eigenvalue weighted by Gasteiger charge is 2.08. The summed E-state index contributed by atoms with van der Waals surface area (Å²) in [5.74, 6) is 0. The Morgan fingerprint density at radius 1 is 1.08 bits per heavy atom. The second-order valence-electron chi connectivity index (χ2n) is 4.76. The summed E-state index contributed by atoms with van der Waals surface area (Å²) >= 11 is 0. The third-order valence-electron chi connectivity index (χ3n) is 1.98. The molecule has 0 saturated heterocycles. The van der Waals surface area contributed by atoms with Crippen LogP contribution >= 0.6 is 0 Å². The van der Waals surface area contributed by atoms with E-state index >= 15 is 0 Å². The van der Waals surface area contributed by atoms with Crippen molar-refractivity contribution in [1.82, 2.24) is 5.32 Å². The molecule has 0 aliphatic carbocycles. The molecule has 0 spiro atoms. The molecule has 0 amide bonds. The van der Waals surface area contributed by atoms with Crippen molar-refractivity contribution in [2.24, 2.45) is 5.41 Å². The predicted molar refractivity (Wildman–Crippen MR) is 58.1 cm³/mol. The van der Waals surface area contributed by atoms with Crippen LogP contribution in [-0.2, 0) is 4.74 Å². The SMILES string of the molecule is COCCCNCCCC(C)(C)C. The molecule has 0 heterocycles. The molecular formula is C11H25NO. The van der Waals surface area contributed by atoms with Crippen LogP contribution in [0.5, 0.6) is 0 Å². The van der Waals surface area contributed by atoms with Crippen molar-refractivity contribution in [3.8, 4) is 0 Å². The lowest BCUT2D eigenvalue weighted by Crippen LogP contribution is -2.19. The molecule has 2 nitrogen and oxygen atoms in total. The Balaban J connectivity index is 3.00. The van der Waals surface area contributed by atoms with Gasteiger partial charge in [0.25, 0.3) is 0 Å². The van der Waals surface area contributed by atoms with Crippen LogP contribution in [0.2, 0.25) is 0 Å². The molecule has 0 radical (unpaired) electrons. The van der Waals surface area contributed by atoms with Crippen LogP contribution in [-0.4, -0.2) is 26.8 Å². The highest BCUT2D eigenvalue weighted by Crippen LogP contribution is 2.19. The van der Waals surface area contributed by atoms with Crippen LogP contribution in [0, 0.1) is 5.41 Å². The monoisotopic (exact) mass is 187 g/mol. The van der Waals surface area contributed by atoms with E-state index < -0.39 is 0 Å². The highest BCUT2D eigenvalue weighted by molar-refractivity contribution is 4.62. The van der Waals surface area contributed by atoms with Gasteiger partial charge in [0.05, 0.1) is 0 Å². The zero-order valence-corrected chi connectivity index (χ0v) is 9.65. The molecule has 0 aromatic carbocycles. The largest absolute Gasteiger partial charge is 0.385 e. The van der Waals surface area contributed by atoms with Crippen LogP contribution in [0.1, 0.15) is 40.0 Å². The molecule has 13 heavy (non-hydrogen) atoms. The lowest BCUT2D eigenvalue weighted by Gasteiger charge is -2.17. The summed E-state index contributed by atoms with van der Waals surface area (Å²) in [6.45, 7) is 9.96. The van der Waals surface area contributed by atoms with E-state index in [1.54, 1.807) is 7.11 Å². The second-order valence-corrected chi connectivity index (χ2v) is 4.76. The minimum Gasteiger partial charge on any atom is -0.385 e. The number of ether oxygens (including phenoxy) is 1. The van der Waals surface area contributed by atoms with E-state index in [0.29, 0.717) is 5.41 Å². The predicted octanol–water partition coefficient (Wildman–Crippen LogP) is 2.44. The average Bonchev–Trinajstić information content (AvgIpc) is 2.01. The molecule has 0 fully saturated rings. The molecule has 0 aliphatic heterocycles. The van der Waals surface area contributed by atoms with E-state index in [1.165, 1.54) is 12.8 Å². The normalized spacial score (nSPS) is 12.0. The summed E-state index contributed by atoms with van der Waals surface area (Å²) in [4.78, 5) is 0. The van der Waals surface area contributed by atoms with E-state index in [-0.39, 0.29) is 0 Å². The minimum absolute atomic E-state index is 0.480. The summed E-state index contributed by atoms with van der Waals surface area (Å²) in [6.07, 6.45) is 3.69. The quantitative estimate of drug-likeness (QED) is 0.618. The van der Waals surface area contributed by atoms with Crippen LogP contribution in [0.25, 0.3) is 0 Å². The molecule has 0 saturated carbocycles. The van der Waals surface area contributed by atoms with Crippen molar-refractivity contribution < 1.29 is 4.74 Å². The van der Waals surface area contributed by atoms with Crippen LogP contribution < -0.4 is 5.32 Å². The van der Waals surface area contributed by atoms with E-state index in [0.717, 1.165) is 26.1 Å². The van der Waals surface area contributed by atoms with Gasteiger partial charge in [0.15, 0.2) is 0 Å². The third-order valence-corrected chi connectivity index (χ3v) is 1.98. The van der Waals surface area contributed by atoms with Crippen molar-refractivity contribution >= 4 is 0 Å². The number of hydrogen-bond donors (Lipinski definition) is 1. The molecule has 0 bridgehead atoms. The fraction of sp³-hybridized carbons (Fsp3) is 1.00. The third kappa shape index (κ3) is 11.9. The Hall–Kier alpha value is -0.0800. The molecular weight excluding hydrogens is 162 g/mol. The Bertz CT molecular complexity index is 107. The number of nitrogens with one attached hydrogen (secondary N) is 1. The lowest BCUT2D eigenvalue weighted by atomic mass is 9.91. The van der Waals surface area contributed by atoms with E-state index in [9.17, 15) is 0 Å². The summed E-state index contributed by atoms with van der Waals surface area (Å²) in [5, 5.41) is 3.41. The van der Waals surface area contributed by atoms with Gasteiger partial charge in [-0.1, -0.05) is 20.8 Å². The van der Waals surface area contributed by atoms with Gasteiger partial charge in [0.1, 0.15) is 0 Å². The van der Waals surface area contributed by atoms with Gasteiger partial charge in [-0.05, 0) is 37.8 Å². The van der Waals surface area contributed by atoms with Crippen molar-refractivity contribution in [2.45, 2.75) is 40.0 Å². The second kappa shape index (κ2) is 7.34. The van der Waals surface area contributed by atoms with Gasteiger partial charge in [-0.25, -0.2) is 0 Å². The first-order valence-corrected chi connectivity index (χ1v) is 5.26. The molecule has 0 rings (SSSR count). The van der Waals surface area contributed by atoms with Gasteiger partial charge in [-0.15, -0.1) is 0 Å². The first-order chi connectivity index (χ1) is 6.06. The van der Waals surface area contributed by atoms with Gasteiger partial charge in [0.2, 0.25) is 0 Å². The van der Waals surface area contributed by atoms with E-state index in [4.69, 9.17) is 4.74 Å². The minimum atomic E-state index is 0.480. The lowest BCUT2D eigenvalue weighted by molar-refractivity contribution is 0.194. The maximum absolute atomic E-state index is 4.96. The maximum Gasteiger partial charge on any atom is 0.0474 e. The van der Waals surface area contributed by atoms with Gasteiger partial charge < -0.3 is 10.1 Å². The number of hydrogen-bond acceptors (Lipinski definition) is 2. The Labute approximate surface area is 83.1 Å². The van der Waals surface area contributed by atoms with Gasteiger partial charge >= 0.3 is 0 Å². The number of methoxy groups -OCH3 is 1. The van der Waals surface area contributed by atoms with Crippen LogP contribution in [0.15, 0.2) is 0 Å². The fourth-order valence-corrected chi connectivity index (χ4v) is 1.21. The molecule has 0 aromatic heterocycles. The summed E-state index contributed by atoms with van der Waals surface area (Å²) in [7, 11) is 1.75. The molecule has 0 aliphatic rings. The molecule has 0 atom stereocenters. The summed E-state index contributed by atoms with van der Waals surface area (Å²) in [5.41, 5.74) is 0.480.